The summed E-state index contributed by atoms with van der Waals surface area (Å²) in [7, 11) is 0. The molecule has 0 radical (unpaired) electrons. The predicted molar refractivity (Wildman–Crippen MR) is 101 cm³/mol. The molecule has 1 N–H and O–H groups in total. The molecule has 5 nitrogen and oxygen atoms in total. The highest BCUT2D eigenvalue weighted by atomic mass is 16.5. The molecule has 136 valence electrons. The molecule has 1 amide bonds. The number of rotatable bonds is 4. The van der Waals surface area contributed by atoms with Gasteiger partial charge in [0.25, 0.3) is 5.91 Å². The van der Waals surface area contributed by atoms with Gasteiger partial charge in [0.15, 0.2) is 5.78 Å². The van der Waals surface area contributed by atoms with E-state index in [1.807, 2.05) is 4.90 Å². The first-order chi connectivity index (χ1) is 12.3. The molecule has 0 aromatic heterocycles. The Morgan fingerprint density at radius 3 is 2.00 bits per heavy atom. The van der Waals surface area contributed by atoms with Crippen molar-refractivity contribution in [3.63, 3.8) is 0 Å². The molecule has 1 fully saturated rings. The number of ketones is 1. The average Bonchev–Trinajstić information content (AvgIpc) is 2.61. The van der Waals surface area contributed by atoms with Crippen LogP contribution in [0.5, 0.6) is 11.5 Å². The van der Waals surface area contributed by atoms with E-state index < -0.39 is 0 Å². The van der Waals surface area contributed by atoms with Gasteiger partial charge in [-0.2, -0.15) is 0 Å². The second kappa shape index (κ2) is 7.30. The first-order valence-corrected chi connectivity index (χ1v) is 8.77. The third-order valence-corrected chi connectivity index (χ3v) is 4.46. The van der Waals surface area contributed by atoms with Crippen LogP contribution in [0.2, 0.25) is 0 Å². The van der Waals surface area contributed by atoms with Crippen molar-refractivity contribution in [2.24, 2.45) is 0 Å². The Kier molecular flexibility index (Phi) is 5.09. The van der Waals surface area contributed by atoms with Crippen molar-refractivity contribution in [2.75, 3.05) is 19.6 Å². The third kappa shape index (κ3) is 4.29. The number of hydrogen-bond donors (Lipinski definition) is 1. The molecule has 26 heavy (non-hydrogen) atoms. The lowest BCUT2D eigenvalue weighted by Crippen LogP contribution is -2.58. The SMILES string of the molecule is CC(=O)c1ccc(Oc2ccc(C(=O)N3CCNC(C)(C)C3)cc2)cc1. The molecule has 1 aliphatic heterocycles. The summed E-state index contributed by atoms with van der Waals surface area (Å²) < 4.78 is 5.78. The van der Waals surface area contributed by atoms with E-state index in [0.717, 1.165) is 6.54 Å². The second-order valence-electron chi connectivity index (χ2n) is 7.24. The molecule has 0 atom stereocenters. The van der Waals surface area contributed by atoms with Gasteiger partial charge in [-0.1, -0.05) is 0 Å². The Labute approximate surface area is 154 Å². The number of ether oxygens (including phenoxy) is 1. The van der Waals surface area contributed by atoms with E-state index in [9.17, 15) is 9.59 Å². The number of benzene rings is 2. The molecule has 1 heterocycles. The van der Waals surface area contributed by atoms with Crippen LogP contribution in [-0.2, 0) is 0 Å². The normalized spacial score (nSPS) is 16.2. The summed E-state index contributed by atoms with van der Waals surface area (Å²) in [6, 6.07) is 14.2. The van der Waals surface area contributed by atoms with E-state index in [0.29, 0.717) is 35.7 Å². The Morgan fingerprint density at radius 1 is 0.962 bits per heavy atom. The first-order valence-electron chi connectivity index (χ1n) is 8.77. The Hall–Kier alpha value is -2.66. The number of carbonyl (C=O) groups excluding carboxylic acids is 2. The maximum absolute atomic E-state index is 12.7. The fourth-order valence-corrected chi connectivity index (χ4v) is 3.06. The molecule has 2 aromatic carbocycles. The van der Waals surface area contributed by atoms with Gasteiger partial charge in [0.1, 0.15) is 11.5 Å². The monoisotopic (exact) mass is 352 g/mol. The summed E-state index contributed by atoms with van der Waals surface area (Å²) in [4.78, 5) is 25.9. The number of carbonyl (C=O) groups is 2. The summed E-state index contributed by atoms with van der Waals surface area (Å²) >= 11 is 0. The molecule has 0 unspecified atom stereocenters. The predicted octanol–water partition coefficient (Wildman–Crippen LogP) is 3.51. The zero-order chi connectivity index (χ0) is 18.7. The topological polar surface area (TPSA) is 58.6 Å². The van der Waals surface area contributed by atoms with Crippen LogP contribution in [0, 0.1) is 0 Å². The van der Waals surface area contributed by atoms with E-state index in [2.05, 4.69) is 19.2 Å². The fourth-order valence-electron chi connectivity index (χ4n) is 3.06. The van der Waals surface area contributed by atoms with Crippen LogP contribution in [0.25, 0.3) is 0 Å². The van der Waals surface area contributed by atoms with E-state index in [1.165, 1.54) is 6.92 Å². The molecule has 3 rings (SSSR count). The van der Waals surface area contributed by atoms with Gasteiger partial charge < -0.3 is 15.0 Å². The van der Waals surface area contributed by atoms with Crippen LogP contribution in [0.1, 0.15) is 41.5 Å². The van der Waals surface area contributed by atoms with Crippen molar-refractivity contribution >= 4 is 11.7 Å². The minimum atomic E-state index is -0.0665. The van der Waals surface area contributed by atoms with Gasteiger partial charge in [-0.25, -0.2) is 0 Å². The lowest BCUT2D eigenvalue weighted by atomic mass is 10.0. The molecular formula is C21H24N2O3. The highest BCUT2D eigenvalue weighted by Gasteiger charge is 2.29. The zero-order valence-corrected chi connectivity index (χ0v) is 15.4. The van der Waals surface area contributed by atoms with Crippen molar-refractivity contribution < 1.29 is 14.3 Å². The molecule has 0 saturated carbocycles. The van der Waals surface area contributed by atoms with Crippen molar-refractivity contribution in [3.05, 3.63) is 59.7 Å². The summed E-state index contributed by atoms with van der Waals surface area (Å²) in [5.74, 6) is 1.36. The van der Waals surface area contributed by atoms with Crippen LogP contribution in [0.3, 0.4) is 0 Å². The van der Waals surface area contributed by atoms with E-state index in [-0.39, 0.29) is 17.2 Å². The van der Waals surface area contributed by atoms with Crippen LogP contribution in [0.4, 0.5) is 0 Å². The molecule has 2 aromatic rings. The molecule has 0 bridgehead atoms. The van der Waals surface area contributed by atoms with Crippen molar-refractivity contribution in [2.45, 2.75) is 26.3 Å². The highest BCUT2D eigenvalue weighted by Crippen LogP contribution is 2.23. The number of Topliss-reactive ketones (excluding diaryl/α,β-unsaturated/α-hetero) is 1. The van der Waals surface area contributed by atoms with Crippen LogP contribution in [-0.4, -0.2) is 41.8 Å². The number of amides is 1. The molecule has 5 heteroatoms. The van der Waals surface area contributed by atoms with Gasteiger partial charge >= 0.3 is 0 Å². The average molecular weight is 352 g/mol. The van der Waals surface area contributed by atoms with Crippen molar-refractivity contribution in [3.8, 4) is 11.5 Å². The van der Waals surface area contributed by atoms with Gasteiger partial charge in [0.05, 0.1) is 0 Å². The van der Waals surface area contributed by atoms with Crippen molar-refractivity contribution in [1.82, 2.24) is 10.2 Å². The standard InChI is InChI=1S/C21H24N2O3/c1-15(24)16-4-8-18(9-5-16)26-19-10-6-17(7-11-19)20(25)23-13-12-22-21(2,3)14-23/h4-11,22H,12-14H2,1-3H3. The van der Waals surface area contributed by atoms with Crippen LogP contribution >= 0.6 is 0 Å². The minimum absolute atomic E-state index is 0.0236. The van der Waals surface area contributed by atoms with Crippen LogP contribution in [0.15, 0.2) is 48.5 Å². The summed E-state index contributed by atoms with van der Waals surface area (Å²) in [5, 5.41) is 3.41. The van der Waals surface area contributed by atoms with Crippen molar-refractivity contribution in [1.29, 1.82) is 0 Å². The number of piperazine rings is 1. The van der Waals surface area contributed by atoms with Gasteiger partial charge in [0.2, 0.25) is 0 Å². The Balaban J connectivity index is 1.66. The van der Waals surface area contributed by atoms with Gasteiger partial charge in [0, 0.05) is 36.3 Å². The molecule has 1 saturated heterocycles. The maximum Gasteiger partial charge on any atom is 0.253 e. The molecule has 0 aliphatic carbocycles. The number of nitrogens with one attached hydrogen (secondary N) is 1. The maximum atomic E-state index is 12.7. The Bertz CT molecular complexity index is 795. The number of nitrogens with zero attached hydrogens (tertiary/aromatic N) is 1. The first kappa shape index (κ1) is 18.1. The summed E-state index contributed by atoms with van der Waals surface area (Å²) in [5.41, 5.74) is 1.24. The highest BCUT2D eigenvalue weighted by molar-refractivity contribution is 5.94. The zero-order valence-electron chi connectivity index (χ0n) is 15.4. The summed E-state index contributed by atoms with van der Waals surface area (Å²) in [6.07, 6.45) is 0. The smallest absolute Gasteiger partial charge is 0.253 e. The summed E-state index contributed by atoms with van der Waals surface area (Å²) in [6.45, 7) is 7.93. The van der Waals surface area contributed by atoms with Gasteiger partial charge in [-0.15, -0.1) is 0 Å². The van der Waals surface area contributed by atoms with E-state index in [1.54, 1.807) is 48.5 Å². The van der Waals surface area contributed by atoms with Crippen LogP contribution < -0.4 is 10.1 Å². The molecule has 1 aliphatic rings. The quantitative estimate of drug-likeness (QED) is 0.856. The Morgan fingerprint density at radius 2 is 1.50 bits per heavy atom. The second-order valence-corrected chi connectivity index (χ2v) is 7.24. The largest absolute Gasteiger partial charge is 0.457 e. The lowest BCUT2D eigenvalue weighted by Gasteiger charge is -2.39. The fraction of sp³-hybridized carbons (Fsp3) is 0.333. The molecule has 0 spiro atoms. The molecular weight excluding hydrogens is 328 g/mol. The third-order valence-electron chi connectivity index (χ3n) is 4.46. The minimum Gasteiger partial charge on any atom is -0.457 e. The van der Waals surface area contributed by atoms with Gasteiger partial charge in [-0.3, -0.25) is 9.59 Å². The van der Waals surface area contributed by atoms with E-state index >= 15 is 0 Å². The lowest BCUT2D eigenvalue weighted by molar-refractivity contribution is 0.0652. The van der Waals surface area contributed by atoms with Gasteiger partial charge in [-0.05, 0) is 69.3 Å². The van der Waals surface area contributed by atoms with E-state index in [4.69, 9.17) is 4.74 Å². The number of hydrogen-bond acceptors (Lipinski definition) is 4.